The number of rotatable bonds is 4. The third-order valence-electron chi connectivity index (χ3n) is 4.66. The molecule has 1 saturated carbocycles. The maximum absolute atomic E-state index is 12.5. The van der Waals surface area contributed by atoms with E-state index in [1.54, 1.807) is 6.20 Å². The zero-order valence-corrected chi connectivity index (χ0v) is 13.7. The van der Waals surface area contributed by atoms with E-state index in [1.807, 2.05) is 43.4 Å². The monoisotopic (exact) mass is 323 g/mol. The fourth-order valence-electron chi connectivity index (χ4n) is 3.17. The van der Waals surface area contributed by atoms with Crippen molar-refractivity contribution in [2.45, 2.75) is 24.9 Å². The second-order valence-electron chi connectivity index (χ2n) is 6.35. The fourth-order valence-corrected chi connectivity index (χ4v) is 3.17. The van der Waals surface area contributed by atoms with E-state index in [4.69, 9.17) is 4.98 Å². The van der Waals surface area contributed by atoms with E-state index in [1.165, 1.54) is 12.8 Å². The SMILES string of the molecule is CN(c1nccc(N2CCNC(=O)C2c2ccccc2)n1)C1CC1. The summed E-state index contributed by atoms with van der Waals surface area (Å²) in [6.07, 6.45) is 4.18. The lowest BCUT2D eigenvalue weighted by molar-refractivity contribution is -0.123. The van der Waals surface area contributed by atoms with Crippen molar-refractivity contribution < 1.29 is 4.79 Å². The quantitative estimate of drug-likeness (QED) is 0.929. The van der Waals surface area contributed by atoms with Crippen LogP contribution in [0.25, 0.3) is 0 Å². The lowest BCUT2D eigenvalue weighted by Crippen LogP contribution is -2.50. The van der Waals surface area contributed by atoms with Crippen LogP contribution in [-0.4, -0.2) is 42.1 Å². The zero-order valence-electron chi connectivity index (χ0n) is 13.7. The molecular weight excluding hydrogens is 302 g/mol. The number of hydrogen-bond acceptors (Lipinski definition) is 5. The number of anilines is 2. The minimum absolute atomic E-state index is 0.0168. The van der Waals surface area contributed by atoms with Crippen molar-refractivity contribution in [3.8, 4) is 0 Å². The molecular formula is C18H21N5O. The Morgan fingerprint density at radius 3 is 2.75 bits per heavy atom. The lowest BCUT2D eigenvalue weighted by Gasteiger charge is -2.36. The summed E-state index contributed by atoms with van der Waals surface area (Å²) in [6.45, 7) is 1.36. The average Bonchev–Trinajstić information content (AvgIpc) is 3.47. The van der Waals surface area contributed by atoms with Gasteiger partial charge in [-0.1, -0.05) is 30.3 Å². The van der Waals surface area contributed by atoms with Crippen molar-refractivity contribution in [2.24, 2.45) is 0 Å². The Balaban J connectivity index is 1.68. The van der Waals surface area contributed by atoms with E-state index in [-0.39, 0.29) is 11.9 Å². The van der Waals surface area contributed by atoms with Crippen LogP contribution in [0.3, 0.4) is 0 Å². The molecule has 24 heavy (non-hydrogen) atoms. The van der Waals surface area contributed by atoms with Crippen LogP contribution in [0.4, 0.5) is 11.8 Å². The van der Waals surface area contributed by atoms with E-state index in [9.17, 15) is 4.79 Å². The Hall–Kier alpha value is -2.63. The molecule has 0 spiro atoms. The highest BCUT2D eigenvalue weighted by molar-refractivity contribution is 5.87. The largest absolute Gasteiger partial charge is 0.352 e. The molecule has 6 heteroatoms. The first kappa shape index (κ1) is 14.9. The van der Waals surface area contributed by atoms with Crippen LogP contribution in [0.15, 0.2) is 42.6 Å². The molecule has 1 aliphatic heterocycles. The number of carbonyl (C=O) groups is 1. The molecule has 2 heterocycles. The van der Waals surface area contributed by atoms with Gasteiger partial charge in [-0.15, -0.1) is 0 Å². The average molecular weight is 323 g/mol. The van der Waals surface area contributed by atoms with Gasteiger partial charge in [0.25, 0.3) is 0 Å². The van der Waals surface area contributed by atoms with Gasteiger partial charge < -0.3 is 15.1 Å². The molecule has 0 bridgehead atoms. The van der Waals surface area contributed by atoms with Gasteiger partial charge in [0.05, 0.1) is 0 Å². The van der Waals surface area contributed by atoms with Crippen molar-refractivity contribution >= 4 is 17.7 Å². The van der Waals surface area contributed by atoms with Crippen LogP contribution in [-0.2, 0) is 4.79 Å². The maximum atomic E-state index is 12.5. The van der Waals surface area contributed by atoms with Crippen molar-refractivity contribution in [2.75, 3.05) is 29.9 Å². The summed E-state index contributed by atoms with van der Waals surface area (Å²) >= 11 is 0. The van der Waals surface area contributed by atoms with Crippen molar-refractivity contribution in [1.29, 1.82) is 0 Å². The number of benzene rings is 1. The molecule has 4 rings (SSSR count). The molecule has 6 nitrogen and oxygen atoms in total. The Morgan fingerprint density at radius 1 is 1.21 bits per heavy atom. The molecule has 2 aliphatic rings. The third kappa shape index (κ3) is 2.79. The summed E-state index contributed by atoms with van der Waals surface area (Å²) < 4.78 is 0. The number of aromatic nitrogens is 2. The molecule has 2 aromatic rings. The van der Waals surface area contributed by atoms with Gasteiger partial charge in [0.2, 0.25) is 11.9 Å². The van der Waals surface area contributed by atoms with E-state index >= 15 is 0 Å². The number of nitrogens with one attached hydrogen (secondary N) is 1. The first-order valence-corrected chi connectivity index (χ1v) is 8.39. The van der Waals surface area contributed by atoms with Crippen molar-refractivity contribution in [3.05, 3.63) is 48.2 Å². The van der Waals surface area contributed by atoms with Crippen molar-refractivity contribution in [3.63, 3.8) is 0 Å². The van der Waals surface area contributed by atoms with Gasteiger partial charge in [-0.25, -0.2) is 4.98 Å². The molecule has 2 fully saturated rings. The molecule has 1 atom stereocenters. The number of piperazine rings is 1. The van der Waals surface area contributed by atoms with Gasteiger partial charge in [0.15, 0.2) is 0 Å². The third-order valence-corrected chi connectivity index (χ3v) is 4.66. The summed E-state index contributed by atoms with van der Waals surface area (Å²) in [6, 6.07) is 11.9. The van der Waals surface area contributed by atoms with Gasteiger partial charge in [-0.05, 0) is 24.5 Å². The standard InChI is InChI=1S/C18H21N5O/c1-22(14-7-8-14)18-20-10-9-15(21-18)23-12-11-19-17(24)16(23)13-5-3-2-4-6-13/h2-6,9-10,14,16H,7-8,11-12H2,1H3,(H,19,24). The minimum Gasteiger partial charge on any atom is -0.352 e. The second-order valence-corrected chi connectivity index (χ2v) is 6.35. The molecule has 1 saturated heterocycles. The Morgan fingerprint density at radius 2 is 2.00 bits per heavy atom. The molecule has 1 N–H and O–H groups in total. The van der Waals surface area contributed by atoms with Gasteiger partial charge in [-0.2, -0.15) is 4.98 Å². The van der Waals surface area contributed by atoms with Gasteiger partial charge in [-0.3, -0.25) is 4.79 Å². The topological polar surface area (TPSA) is 61.4 Å². The number of hydrogen-bond donors (Lipinski definition) is 1. The summed E-state index contributed by atoms with van der Waals surface area (Å²) in [7, 11) is 2.04. The maximum Gasteiger partial charge on any atom is 0.247 e. The molecule has 124 valence electrons. The smallest absolute Gasteiger partial charge is 0.247 e. The van der Waals surface area contributed by atoms with Crippen LogP contribution in [0.2, 0.25) is 0 Å². The number of amides is 1. The molecule has 0 radical (unpaired) electrons. The molecule has 1 aromatic carbocycles. The van der Waals surface area contributed by atoms with E-state index < -0.39 is 0 Å². The normalized spacial score (nSPS) is 20.6. The summed E-state index contributed by atoms with van der Waals surface area (Å²) in [5, 5.41) is 2.96. The Kier molecular flexibility index (Phi) is 3.80. The Bertz CT molecular complexity index is 731. The van der Waals surface area contributed by atoms with Crippen LogP contribution in [0, 0.1) is 0 Å². The van der Waals surface area contributed by atoms with Crippen LogP contribution in [0.1, 0.15) is 24.4 Å². The summed E-state index contributed by atoms with van der Waals surface area (Å²) in [4.78, 5) is 25.8. The first-order chi connectivity index (χ1) is 11.7. The highest BCUT2D eigenvalue weighted by atomic mass is 16.2. The molecule has 1 aliphatic carbocycles. The fraction of sp³-hybridized carbons (Fsp3) is 0.389. The lowest BCUT2D eigenvalue weighted by atomic mass is 10.0. The van der Waals surface area contributed by atoms with Crippen molar-refractivity contribution in [1.82, 2.24) is 15.3 Å². The predicted molar refractivity (Wildman–Crippen MR) is 93.0 cm³/mol. The predicted octanol–water partition coefficient (Wildman–Crippen LogP) is 1.75. The van der Waals surface area contributed by atoms with E-state index in [2.05, 4.69) is 20.1 Å². The zero-order chi connectivity index (χ0) is 16.5. The van der Waals surface area contributed by atoms with Crippen LogP contribution < -0.4 is 15.1 Å². The highest BCUT2D eigenvalue weighted by Crippen LogP contribution is 2.31. The van der Waals surface area contributed by atoms with E-state index in [0.29, 0.717) is 12.6 Å². The van der Waals surface area contributed by atoms with Gasteiger partial charge in [0, 0.05) is 32.4 Å². The molecule has 1 aromatic heterocycles. The van der Waals surface area contributed by atoms with Crippen LogP contribution in [0.5, 0.6) is 0 Å². The Labute approximate surface area is 141 Å². The highest BCUT2D eigenvalue weighted by Gasteiger charge is 2.33. The van der Waals surface area contributed by atoms with Gasteiger partial charge >= 0.3 is 0 Å². The van der Waals surface area contributed by atoms with E-state index in [0.717, 1.165) is 23.9 Å². The molecule has 1 amide bonds. The second kappa shape index (κ2) is 6.11. The number of nitrogens with zero attached hydrogens (tertiary/aromatic N) is 4. The first-order valence-electron chi connectivity index (χ1n) is 8.39. The van der Waals surface area contributed by atoms with Gasteiger partial charge in [0.1, 0.15) is 11.9 Å². The van der Waals surface area contributed by atoms with Crippen LogP contribution >= 0.6 is 0 Å². The molecule has 1 unspecified atom stereocenters. The minimum atomic E-state index is -0.353. The summed E-state index contributed by atoms with van der Waals surface area (Å²) in [5.41, 5.74) is 0.977. The number of carbonyl (C=O) groups excluding carboxylic acids is 1. The summed E-state index contributed by atoms with van der Waals surface area (Å²) in [5.74, 6) is 1.55.